The highest BCUT2D eigenvalue weighted by Gasteiger charge is 2.36. The van der Waals surface area contributed by atoms with Crippen molar-refractivity contribution in [1.29, 1.82) is 0 Å². The molecule has 0 saturated heterocycles. The Bertz CT molecular complexity index is 1460. The fraction of sp³-hybridized carbons (Fsp3) is 0.333. The minimum Gasteiger partial charge on any atom is -0.497 e. The van der Waals surface area contributed by atoms with E-state index in [1.54, 1.807) is 21.3 Å². The average molecular weight is 501 g/mol. The summed E-state index contributed by atoms with van der Waals surface area (Å²) in [7, 11) is 5.06. The van der Waals surface area contributed by atoms with Crippen molar-refractivity contribution in [1.82, 2.24) is 9.47 Å². The third-order valence-electron chi connectivity index (χ3n) is 7.85. The molecule has 192 valence electrons. The lowest BCUT2D eigenvalue weighted by Crippen LogP contribution is -2.39. The first-order chi connectivity index (χ1) is 18.1. The number of hydrogen-bond donors (Lipinski definition) is 1. The molecule has 7 nitrogen and oxygen atoms in total. The van der Waals surface area contributed by atoms with Gasteiger partial charge in [0.25, 0.3) is 0 Å². The van der Waals surface area contributed by atoms with Gasteiger partial charge in [-0.05, 0) is 65.9 Å². The number of aromatic nitrogens is 1. The van der Waals surface area contributed by atoms with E-state index in [-0.39, 0.29) is 12.8 Å². The molecule has 7 heteroatoms. The van der Waals surface area contributed by atoms with E-state index in [2.05, 4.69) is 23.1 Å². The zero-order valence-corrected chi connectivity index (χ0v) is 21.5. The first kappa shape index (κ1) is 23.7. The molecule has 0 aliphatic carbocycles. The summed E-state index contributed by atoms with van der Waals surface area (Å²) in [5.74, 6) is 3.12. The third-order valence-corrected chi connectivity index (χ3v) is 7.85. The zero-order valence-electron chi connectivity index (χ0n) is 21.5. The Morgan fingerprint density at radius 3 is 2.54 bits per heavy atom. The largest absolute Gasteiger partial charge is 0.497 e. The maximum atomic E-state index is 10.2. The summed E-state index contributed by atoms with van der Waals surface area (Å²) in [5, 5.41) is 11.4. The summed E-state index contributed by atoms with van der Waals surface area (Å²) in [6, 6.07) is 18.5. The molecular formula is C30H32N2O5. The van der Waals surface area contributed by atoms with Gasteiger partial charge in [-0.2, -0.15) is 0 Å². The summed E-state index contributed by atoms with van der Waals surface area (Å²) in [6.07, 6.45) is 1.80. The molecule has 0 bridgehead atoms. The first-order valence-corrected chi connectivity index (χ1v) is 12.6. The lowest BCUT2D eigenvalue weighted by molar-refractivity contribution is 0.145. The van der Waals surface area contributed by atoms with Crippen molar-refractivity contribution in [3.8, 4) is 23.0 Å². The van der Waals surface area contributed by atoms with Crippen LogP contribution in [0.2, 0.25) is 0 Å². The van der Waals surface area contributed by atoms with Crippen LogP contribution in [0.25, 0.3) is 10.9 Å². The molecule has 4 aromatic rings. The Labute approximate surface area is 216 Å². The maximum absolute atomic E-state index is 10.2. The maximum Gasteiger partial charge on any atom is 0.162 e. The highest BCUT2D eigenvalue weighted by molar-refractivity contribution is 5.87. The summed E-state index contributed by atoms with van der Waals surface area (Å²) in [4.78, 5) is 2.52. The van der Waals surface area contributed by atoms with Gasteiger partial charge in [-0.15, -0.1) is 0 Å². The topological polar surface area (TPSA) is 65.3 Å². The molecule has 0 radical (unpaired) electrons. The second kappa shape index (κ2) is 9.65. The van der Waals surface area contributed by atoms with Crippen LogP contribution < -0.4 is 18.9 Å². The molecule has 0 spiro atoms. The highest BCUT2D eigenvalue weighted by atomic mass is 16.5. The Morgan fingerprint density at radius 2 is 1.76 bits per heavy atom. The smallest absolute Gasteiger partial charge is 0.162 e. The van der Waals surface area contributed by atoms with E-state index < -0.39 is 0 Å². The number of methoxy groups -OCH3 is 3. The molecule has 2 aliphatic heterocycles. The Morgan fingerprint density at radius 1 is 0.919 bits per heavy atom. The summed E-state index contributed by atoms with van der Waals surface area (Å²) in [5.41, 5.74) is 7.08. The molecule has 1 N–H and O–H groups in total. The molecule has 2 aliphatic rings. The van der Waals surface area contributed by atoms with E-state index in [1.165, 1.54) is 22.4 Å². The quantitative estimate of drug-likeness (QED) is 0.391. The van der Waals surface area contributed by atoms with Gasteiger partial charge in [0.05, 0.1) is 26.8 Å². The van der Waals surface area contributed by atoms with Gasteiger partial charge in [-0.25, -0.2) is 0 Å². The van der Waals surface area contributed by atoms with E-state index in [0.29, 0.717) is 6.61 Å². The fourth-order valence-corrected chi connectivity index (χ4v) is 5.98. The minimum absolute atomic E-state index is 0.0363. The Balaban J connectivity index is 1.38. The van der Waals surface area contributed by atoms with Gasteiger partial charge in [0.1, 0.15) is 24.8 Å². The number of aliphatic hydroxyl groups excluding tert-OH is 1. The summed E-state index contributed by atoms with van der Waals surface area (Å²) < 4.78 is 25.1. The number of para-hydroxylation sites is 1. The Hall–Kier alpha value is -3.68. The normalized spacial score (nSPS) is 16.6. The fourth-order valence-electron chi connectivity index (χ4n) is 5.98. The number of rotatable bonds is 7. The van der Waals surface area contributed by atoms with Gasteiger partial charge in [0, 0.05) is 35.8 Å². The number of aliphatic hydroxyl groups is 1. The lowest BCUT2D eigenvalue weighted by Gasteiger charge is -2.41. The van der Waals surface area contributed by atoms with Crippen LogP contribution in [0.4, 0.5) is 0 Å². The van der Waals surface area contributed by atoms with Crippen molar-refractivity contribution >= 4 is 10.9 Å². The molecule has 0 fully saturated rings. The van der Waals surface area contributed by atoms with E-state index in [0.717, 1.165) is 65.4 Å². The monoisotopic (exact) mass is 500 g/mol. The predicted octanol–water partition coefficient (Wildman–Crippen LogP) is 4.85. The van der Waals surface area contributed by atoms with Gasteiger partial charge >= 0.3 is 0 Å². The van der Waals surface area contributed by atoms with Crippen molar-refractivity contribution in [2.45, 2.75) is 38.8 Å². The second-order valence-electron chi connectivity index (χ2n) is 9.62. The second-order valence-corrected chi connectivity index (χ2v) is 9.62. The third kappa shape index (κ3) is 3.99. The SMILES string of the molecule is COc1ccc2c(c1)c1c(n2CO)CN2CCc3cc(OC)c(OCc4ccccc4OC)cc3C2C1. The number of ether oxygens (including phenoxy) is 4. The highest BCUT2D eigenvalue weighted by Crippen LogP contribution is 2.45. The van der Waals surface area contributed by atoms with E-state index in [1.807, 2.05) is 41.0 Å². The molecule has 6 rings (SSSR count). The molecular weight excluding hydrogens is 468 g/mol. The van der Waals surface area contributed by atoms with Crippen LogP contribution in [-0.4, -0.2) is 42.4 Å². The molecule has 0 amide bonds. The van der Waals surface area contributed by atoms with Crippen molar-refractivity contribution in [2.75, 3.05) is 27.9 Å². The number of benzene rings is 3. The zero-order chi connectivity index (χ0) is 25.5. The van der Waals surface area contributed by atoms with E-state index in [4.69, 9.17) is 18.9 Å². The average Bonchev–Trinajstić information content (AvgIpc) is 3.26. The molecule has 1 atom stereocenters. The standard InChI is InChI=1S/C30H32N2O5/c1-34-21-8-9-25-23(13-21)24-14-26-22-15-30(37-17-20-6-4-5-7-28(20)35-2)29(36-3)12-19(22)10-11-31(26)16-27(24)32(25)18-33/h4-9,12-13,15,26,33H,10-11,14,16-18H2,1-3H3. The van der Waals surface area contributed by atoms with Gasteiger partial charge < -0.3 is 28.6 Å². The van der Waals surface area contributed by atoms with Crippen LogP contribution >= 0.6 is 0 Å². The first-order valence-electron chi connectivity index (χ1n) is 12.6. The summed E-state index contributed by atoms with van der Waals surface area (Å²) in [6.45, 7) is 2.10. The number of nitrogens with zero attached hydrogens (tertiary/aromatic N) is 2. The number of fused-ring (bicyclic) bond motifs is 6. The van der Waals surface area contributed by atoms with Crippen LogP contribution in [0, 0.1) is 0 Å². The van der Waals surface area contributed by atoms with Crippen LogP contribution in [0.15, 0.2) is 54.6 Å². The van der Waals surface area contributed by atoms with Crippen LogP contribution in [0.1, 0.15) is 34.0 Å². The summed E-state index contributed by atoms with van der Waals surface area (Å²) >= 11 is 0. The molecule has 1 aromatic heterocycles. The van der Waals surface area contributed by atoms with Gasteiger partial charge in [0.15, 0.2) is 11.5 Å². The van der Waals surface area contributed by atoms with E-state index in [9.17, 15) is 5.11 Å². The molecule has 37 heavy (non-hydrogen) atoms. The van der Waals surface area contributed by atoms with Gasteiger partial charge in [-0.1, -0.05) is 18.2 Å². The lowest BCUT2D eigenvalue weighted by atomic mass is 9.85. The minimum atomic E-state index is -0.0363. The molecule has 3 aromatic carbocycles. The molecule has 3 heterocycles. The van der Waals surface area contributed by atoms with Crippen LogP contribution in [-0.2, 0) is 32.7 Å². The van der Waals surface area contributed by atoms with E-state index >= 15 is 0 Å². The van der Waals surface area contributed by atoms with Gasteiger partial charge in [0.2, 0.25) is 0 Å². The Kier molecular flexibility index (Phi) is 6.18. The van der Waals surface area contributed by atoms with Crippen molar-refractivity contribution < 1.29 is 24.1 Å². The van der Waals surface area contributed by atoms with Gasteiger partial charge in [-0.3, -0.25) is 4.90 Å². The molecule has 1 unspecified atom stereocenters. The van der Waals surface area contributed by atoms with Crippen molar-refractivity contribution in [3.05, 3.63) is 82.5 Å². The predicted molar refractivity (Wildman–Crippen MR) is 142 cm³/mol. The van der Waals surface area contributed by atoms with Crippen molar-refractivity contribution in [3.63, 3.8) is 0 Å². The van der Waals surface area contributed by atoms with Crippen LogP contribution in [0.3, 0.4) is 0 Å². The van der Waals surface area contributed by atoms with Crippen LogP contribution in [0.5, 0.6) is 23.0 Å². The number of hydrogen-bond acceptors (Lipinski definition) is 6. The molecule has 0 saturated carbocycles. The van der Waals surface area contributed by atoms with Crippen molar-refractivity contribution in [2.24, 2.45) is 0 Å².